The van der Waals surface area contributed by atoms with E-state index < -0.39 is 0 Å². The van der Waals surface area contributed by atoms with Crippen LogP contribution >= 0.6 is 0 Å². The summed E-state index contributed by atoms with van der Waals surface area (Å²) in [6.07, 6.45) is 4.90. The van der Waals surface area contributed by atoms with Gasteiger partial charge in [-0.1, -0.05) is 19.1 Å². The zero-order valence-electron chi connectivity index (χ0n) is 15.7. The van der Waals surface area contributed by atoms with Crippen LogP contribution in [-0.4, -0.2) is 49.4 Å². The summed E-state index contributed by atoms with van der Waals surface area (Å²) >= 11 is 0. The van der Waals surface area contributed by atoms with E-state index in [2.05, 4.69) is 24.4 Å². The first-order chi connectivity index (χ1) is 12.0. The van der Waals surface area contributed by atoms with Crippen LogP contribution in [0.4, 0.5) is 4.79 Å². The summed E-state index contributed by atoms with van der Waals surface area (Å²) in [6.45, 7) is 3.09. The minimum atomic E-state index is 0.00836. The number of carbonyl (C=O) groups is 1. The number of nitrogens with zero attached hydrogens (tertiary/aromatic N) is 1. The molecule has 140 valence electrons. The molecule has 0 radical (unpaired) electrons. The molecule has 0 aliphatic heterocycles. The summed E-state index contributed by atoms with van der Waals surface area (Å²) < 4.78 is 5.17. The fourth-order valence-electron chi connectivity index (χ4n) is 3.50. The summed E-state index contributed by atoms with van der Waals surface area (Å²) in [7, 11) is 3.55. The maximum Gasteiger partial charge on any atom is 0.317 e. The average Bonchev–Trinajstić information content (AvgIpc) is 2.66. The van der Waals surface area contributed by atoms with Crippen LogP contribution in [0.15, 0.2) is 24.3 Å². The molecule has 1 saturated carbocycles. The molecule has 2 N–H and O–H groups in total. The number of benzene rings is 1. The SMILES string of the molecule is COc1ccc(CC(C)CNC(=O)N(C)C2CCC(CO)CC2)cc1. The lowest BCUT2D eigenvalue weighted by Gasteiger charge is -2.34. The highest BCUT2D eigenvalue weighted by atomic mass is 16.5. The lowest BCUT2D eigenvalue weighted by atomic mass is 9.86. The molecule has 2 rings (SSSR count). The Balaban J connectivity index is 1.72. The van der Waals surface area contributed by atoms with Crippen LogP contribution in [0.5, 0.6) is 5.75 Å². The van der Waals surface area contributed by atoms with Crippen LogP contribution in [0.3, 0.4) is 0 Å². The lowest BCUT2D eigenvalue weighted by Crippen LogP contribution is -2.46. The second-order valence-electron chi connectivity index (χ2n) is 7.31. The molecule has 0 heterocycles. The van der Waals surface area contributed by atoms with Gasteiger partial charge in [-0.25, -0.2) is 4.79 Å². The minimum Gasteiger partial charge on any atom is -0.497 e. The van der Waals surface area contributed by atoms with E-state index in [1.165, 1.54) is 5.56 Å². The van der Waals surface area contributed by atoms with Crippen molar-refractivity contribution in [2.75, 3.05) is 27.3 Å². The van der Waals surface area contributed by atoms with Gasteiger partial charge in [0, 0.05) is 26.2 Å². The molecule has 1 fully saturated rings. The van der Waals surface area contributed by atoms with E-state index in [9.17, 15) is 9.90 Å². The fraction of sp³-hybridized carbons (Fsp3) is 0.650. The highest BCUT2D eigenvalue weighted by Crippen LogP contribution is 2.26. The van der Waals surface area contributed by atoms with Crippen LogP contribution in [0.2, 0.25) is 0 Å². The summed E-state index contributed by atoms with van der Waals surface area (Å²) in [5.41, 5.74) is 1.25. The van der Waals surface area contributed by atoms with Gasteiger partial charge in [0.15, 0.2) is 0 Å². The Morgan fingerprint density at radius 3 is 2.48 bits per heavy atom. The van der Waals surface area contributed by atoms with Crippen LogP contribution in [0.25, 0.3) is 0 Å². The third-order valence-corrected chi connectivity index (χ3v) is 5.29. The Kier molecular flexibility index (Phi) is 7.56. The molecule has 2 amide bonds. The molecule has 1 aliphatic rings. The number of amides is 2. The number of methoxy groups -OCH3 is 1. The Morgan fingerprint density at radius 1 is 1.28 bits per heavy atom. The first-order valence-corrected chi connectivity index (χ1v) is 9.28. The maximum atomic E-state index is 12.4. The van der Waals surface area contributed by atoms with E-state index in [0.717, 1.165) is 37.9 Å². The number of aliphatic hydroxyl groups is 1. The number of rotatable bonds is 7. The van der Waals surface area contributed by atoms with Crippen LogP contribution in [0, 0.1) is 11.8 Å². The van der Waals surface area contributed by atoms with Gasteiger partial charge in [-0.15, -0.1) is 0 Å². The molecule has 0 spiro atoms. The van der Waals surface area contributed by atoms with E-state index >= 15 is 0 Å². The molecule has 5 heteroatoms. The molecular formula is C20H32N2O3. The topological polar surface area (TPSA) is 61.8 Å². The molecule has 1 aromatic carbocycles. The van der Waals surface area contributed by atoms with E-state index in [0.29, 0.717) is 24.4 Å². The molecule has 1 unspecified atom stereocenters. The van der Waals surface area contributed by atoms with Crippen molar-refractivity contribution in [3.8, 4) is 5.75 Å². The second kappa shape index (κ2) is 9.66. The number of aliphatic hydroxyl groups excluding tert-OH is 1. The van der Waals surface area contributed by atoms with Crippen molar-refractivity contribution in [1.82, 2.24) is 10.2 Å². The molecule has 0 aromatic heterocycles. The molecule has 0 saturated heterocycles. The van der Waals surface area contributed by atoms with Gasteiger partial charge in [-0.2, -0.15) is 0 Å². The summed E-state index contributed by atoms with van der Waals surface area (Å²) in [5, 5.41) is 12.3. The van der Waals surface area contributed by atoms with Gasteiger partial charge in [0.05, 0.1) is 7.11 Å². The maximum absolute atomic E-state index is 12.4. The van der Waals surface area contributed by atoms with Gasteiger partial charge in [0.1, 0.15) is 5.75 Å². The molecule has 1 aromatic rings. The van der Waals surface area contributed by atoms with Crippen molar-refractivity contribution in [1.29, 1.82) is 0 Å². The number of nitrogens with one attached hydrogen (secondary N) is 1. The lowest BCUT2D eigenvalue weighted by molar-refractivity contribution is 0.133. The van der Waals surface area contributed by atoms with E-state index in [1.54, 1.807) is 7.11 Å². The van der Waals surface area contributed by atoms with Crippen molar-refractivity contribution < 1.29 is 14.6 Å². The molecular weight excluding hydrogens is 316 g/mol. The highest BCUT2D eigenvalue weighted by molar-refractivity contribution is 5.74. The van der Waals surface area contributed by atoms with Gasteiger partial charge < -0.3 is 20.1 Å². The second-order valence-corrected chi connectivity index (χ2v) is 7.31. The number of ether oxygens (including phenoxy) is 1. The number of hydrogen-bond donors (Lipinski definition) is 2. The van der Waals surface area contributed by atoms with Crippen molar-refractivity contribution in [2.24, 2.45) is 11.8 Å². The zero-order chi connectivity index (χ0) is 18.2. The van der Waals surface area contributed by atoms with Crippen molar-refractivity contribution in [3.63, 3.8) is 0 Å². The minimum absolute atomic E-state index is 0.00836. The van der Waals surface area contributed by atoms with Crippen LogP contribution < -0.4 is 10.1 Å². The van der Waals surface area contributed by atoms with Crippen molar-refractivity contribution in [3.05, 3.63) is 29.8 Å². The first kappa shape index (κ1) is 19.6. The van der Waals surface area contributed by atoms with Crippen molar-refractivity contribution in [2.45, 2.75) is 45.1 Å². The monoisotopic (exact) mass is 348 g/mol. The molecule has 25 heavy (non-hydrogen) atoms. The van der Waals surface area contributed by atoms with Gasteiger partial charge in [0.25, 0.3) is 0 Å². The van der Waals surface area contributed by atoms with Gasteiger partial charge >= 0.3 is 6.03 Å². The van der Waals surface area contributed by atoms with E-state index in [1.807, 2.05) is 24.1 Å². The van der Waals surface area contributed by atoms with Crippen LogP contribution in [0.1, 0.15) is 38.2 Å². The Bertz CT molecular complexity index is 524. The third-order valence-electron chi connectivity index (χ3n) is 5.29. The van der Waals surface area contributed by atoms with Gasteiger partial charge in [-0.05, 0) is 61.6 Å². The average molecular weight is 348 g/mol. The molecule has 0 bridgehead atoms. The Labute approximate surface area is 151 Å². The summed E-state index contributed by atoms with van der Waals surface area (Å²) in [5.74, 6) is 1.65. The zero-order valence-corrected chi connectivity index (χ0v) is 15.7. The summed E-state index contributed by atoms with van der Waals surface area (Å²) in [6, 6.07) is 8.38. The Hall–Kier alpha value is -1.75. The summed E-state index contributed by atoms with van der Waals surface area (Å²) in [4.78, 5) is 14.2. The normalized spacial score (nSPS) is 21.4. The third kappa shape index (κ3) is 5.92. The molecule has 1 atom stereocenters. The Morgan fingerprint density at radius 2 is 1.92 bits per heavy atom. The predicted octanol–water partition coefficient (Wildman–Crippen LogP) is 3.07. The standard InChI is InChI=1S/C20H32N2O3/c1-15(12-16-6-10-19(25-3)11-7-16)13-21-20(24)22(2)18-8-4-17(14-23)5-9-18/h6-7,10-11,15,17-18,23H,4-5,8-9,12-14H2,1-3H3,(H,21,24). The van der Waals surface area contributed by atoms with Gasteiger partial charge in [-0.3, -0.25) is 0 Å². The fourth-order valence-corrected chi connectivity index (χ4v) is 3.50. The van der Waals surface area contributed by atoms with E-state index in [-0.39, 0.29) is 12.6 Å². The predicted molar refractivity (Wildman–Crippen MR) is 99.9 cm³/mol. The first-order valence-electron chi connectivity index (χ1n) is 9.28. The van der Waals surface area contributed by atoms with Crippen molar-refractivity contribution >= 4 is 6.03 Å². The number of urea groups is 1. The molecule has 5 nitrogen and oxygen atoms in total. The van der Waals surface area contributed by atoms with E-state index in [4.69, 9.17) is 4.74 Å². The number of carbonyl (C=O) groups excluding carboxylic acids is 1. The quantitative estimate of drug-likeness (QED) is 0.796. The number of hydrogen-bond acceptors (Lipinski definition) is 3. The van der Waals surface area contributed by atoms with Gasteiger partial charge in [0.2, 0.25) is 0 Å². The molecule has 1 aliphatic carbocycles. The largest absolute Gasteiger partial charge is 0.497 e. The smallest absolute Gasteiger partial charge is 0.317 e. The van der Waals surface area contributed by atoms with Crippen LogP contribution in [-0.2, 0) is 6.42 Å². The highest BCUT2D eigenvalue weighted by Gasteiger charge is 2.26.